The van der Waals surface area contributed by atoms with E-state index in [0.717, 1.165) is 12.8 Å². The maximum atomic E-state index is 13.4. The maximum absolute atomic E-state index is 13.4. The molecule has 0 aromatic rings. The summed E-state index contributed by atoms with van der Waals surface area (Å²) in [6.45, 7) is 9.11. The summed E-state index contributed by atoms with van der Waals surface area (Å²) in [6, 6.07) is -1.81. The molecule has 3 amide bonds. The van der Waals surface area contributed by atoms with E-state index in [1.165, 1.54) is 28.6 Å². The molecule has 0 rings (SSSR count). The third-order valence-electron chi connectivity index (χ3n) is 5.59. The molecular weight excluding hydrogens is 458 g/mol. The van der Waals surface area contributed by atoms with Crippen LogP contribution in [0.5, 0.6) is 0 Å². The molecule has 0 radical (unpaired) electrons. The molecule has 0 saturated carbocycles. The van der Waals surface area contributed by atoms with Crippen molar-refractivity contribution in [2.75, 3.05) is 32.2 Å². The van der Waals surface area contributed by atoms with Crippen LogP contribution in [0.15, 0.2) is 0 Å². The van der Waals surface area contributed by atoms with Crippen molar-refractivity contribution in [2.45, 2.75) is 90.8 Å². The van der Waals surface area contributed by atoms with E-state index in [4.69, 9.17) is 10.5 Å². The van der Waals surface area contributed by atoms with Gasteiger partial charge in [0.15, 0.2) is 0 Å². The first-order chi connectivity index (χ1) is 15.8. The Morgan fingerprint density at radius 1 is 1.00 bits per heavy atom. The number of amides is 3. The lowest BCUT2D eigenvalue weighted by molar-refractivity contribution is -0.148. The van der Waals surface area contributed by atoms with E-state index in [0.29, 0.717) is 37.4 Å². The summed E-state index contributed by atoms with van der Waals surface area (Å²) in [7, 11) is 3.06. The van der Waals surface area contributed by atoms with Crippen LogP contribution >= 0.6 is 11.8 Å². The van der Waals surface area contributed by atoms with E-state index in [1.54, 1.807) is 27.8 Å². The molecule has 0 aliphatic rings. The van der Waals surface area contributed by atoms with Gasteiger partial charge in [-0.25, -0.2) is 0 Å². The molecule has 0 fully saturated rings. The smallest absolute Gasteiger partial charge is 0.308 e. The van der Waals surface area contributed by atoms with Crippen LogP contribution in [0.25, 0.3) is 0 Å². The lowest BCUT2D eigenvalue weighted by Crippen LogP contribution is -2.56. The van der Waals surface area contributed by atoms with Crippen molar-refractivity contribution in [3.63, 3.8) is 0 Å². The Kier molecular flexibility index (Phi) is 15.1. The summed E-state index contributed by atoms with van der Waals surface area (Å²) >= 11 is 1.48. The maximum Gasteiger partial charge on any atom is 0.308 e. The van der Waals surface area contributed by atoms with Gasteiger partial charge in [-0.3, -0.25) is 19.2 Å². The minimum atomic E-state index is -1.20. The van der Waals surface area contributed by atoms with Crippen LogP contribution in [0.4, 0.5) is 0 Å². The van der Waals surface area contributed by atoms with Crippen molar-refractivity contribution in [1.82, 2.24) is 9.80 Å². The number of nitrogens with zero attached hydrogens (tertiary/aromatic N) is 2. The highest BCUT2D eigenvalue weighted by atomic mass is 32.2. The Morgan fingerprint density at radius 2 is 1.62 bits per heavy atom. The number of carbonyl (C=O) groups is 4. The highest BCUT2D eigenvalue weighted by molar-refractivity contribution is 7.99. The van der Waals surface area contributed by atoms with Gasteiger partial charge in [-0.05, 0) is 45.8 Å². The van der Waals surface area contributed by atoms with Gasteiger partial charge in [0.25, 0.3) is 0 Å². The number of nitrogens with two attached hydrogens (primary N) is 1. The molecule has 0 aromatic carbocycles. The molecular formula is C24H45N3O6S. The second-order valence-electron chi connectivity index (χ2n) is 9.26. The van der Waals surface area contributed by atoms with Gasteiger partial charge in [0, 0.05) is 32.7 Å². The normalized spacial score (nSPS) is 14.1. The van der Waals surface area contributed by atoms with Gasteiger partial charge < -0.3 is 25.4 Å². The van der Waals surface area contributed by atoms with Gasteiger partial charge in [0.2, 0.25) is 17.7 Å². The highest BCUT2D eigenvalue weighted by Crippen LogP contribution is 2.21. The van der Waals surface area contributed by atoms with Crippen molar-refractivity contribution in [2.24, 2.45) is 11.7 Å². The summed E-state index contributed by atoms with van der Waals surface area (Å²) in [4.78, 5) is 52.9. The minimum absolute atomic E-state index is 0.0186. The van der Waals surface area contributed by atoms with Crippen LogP contribution in [-0.2, 0) is 23.9 Å². The first kappa shape index (κ1) is 32.2. The molecule has 0 saturated heterocycles. The second-order valence-corrected chi connectivity index (χ2v) is 10.4. The van der Waals surface area contributed by atoms with Crippen LogP contribution in [0.2, 0.25) is 0 Å². The van der Waals surface area contributed by atoms with Crippen LogP contribution < -0.4 is 5.73 Å². The molecule has 0 bridgehead atoms. The average molecular weight is 504 g/mol. The molecule has 0 aliphatic heterocycles. The standard InChI is InChI=1S/C24H45N3O6S/c1-8-11-17(23(31)33-10-3)13-14-34-16-19(26(6)20(28)12-9-2)22(30)27(7)18(21(25)29)15-24(4,5)32/h17-19,32H,8-16H2,1-7H3,(H2,25,29)/t17-,18-,19+/m0/s1. The molecule has 198 valence electrons. The molecule has 9 nitrogen and oxygen atoms in total. The molecule has 34 heavy (non-hydrogen) atoms. The highest BCUT2D eigenvalue weighted by Gasteiger charge is 2.36. The van der Waals surface area contributed by atoms with E-state index >= 15 is 0 Å². The van der Waals surface area contributed by atoms with Gasteiger partial charge in [-0.15, -0.1) is 0 Å². The fraction of sp³-hybridized carbons (Fsp3) is 0.833. The summed E-state index contributed by atoms with van der Waals surface area (Å²) in [5.74, 6) is -0.765. The molecule has 3 atom stereocenters. The zero-order chi connectivity index (χ0) is 26.5. The largest absolute Gasteiger partial charge is 0.466 e. The van der Waals surface area contributed by atoms with Gasteiger partial charge in [0.05, 0.1) is 18.1 Å². The number of ether oxygens (including phenoxy) is 1. The summed E-state index contributed by atoms with van der Waals surface area (Å²) < 4.78 is 5.16. The zero-order valence-electron chi connectivity index (χ0n) is 22.0. The number of carbonyl (C=O) groups excluding carboxylic acids is 4. The van der Waals surface area contributed by atoms with Crippen molar-refractivity contribution >= 4 is 35.5 Å². The van der Waals surface area contributed by atoms with Crippen LogP contribution in [0.1, 0.15) is 73.1 Å². The number of rotatable bonds is 17. The number of likely N-dealkylation sites (N-methyl/N-ethyl adjacent to an activating group) is 2. The monoisotopic (exact) mass is 503 g/mol. The molecule has 0 spiro atoms. The SMILES string of the molecule is CCCC(=O)N(C)[C@H](CSCC[C@H](CCC)C(=O)OCC)C(=O)N(C)[C@@H](CC(C)(C)O)C(N)=O. The number of thioether (sulfide) groups is 1. The summed E-state index contributed by atoms with van der Waals surface area (Å²) in [5, 5.41) is 10.2. The number of hydrogen-bond acceptors (Lipinski definition) is 7. The fourth-order valence-electron chi connectivity index (χ4n) is 3.61. The first-order valence-corrected chi connectivity index (χ1v) is 13.2. The van der Waals surface area contributed by atoms with Gasteiger partial charge in [-0.1, -0.05) is 20.3 Å². The number of hydrogen-bond donors (Lipinski definition) is 2. The molecule has 0 aromatic heterocycles. The molecule has 10 heteroatoms. The minimum Gasteiger partial charge on any atom is -0.466 e. The summed E-state index contributed by atoms with van der Waals surface area (Å²) in [5.41, 5.74) is 4.32. The van der Waals surface area contributed by atoms with Crippen molar-refractivity contribution < 1.29 is 29.0 Å². The van der Waals surface area contributed by atoms with Gasteiger partial charge in [-0.2, -0.15) is 11.8 Å². The average Bonchev–Trinajstić information content (AvgIpc) is 2.74. The Morgan fingerprint density at radius 3 is 2.09 bits per heavy atom. The predicted molar refractivity (Wildman–Crippen MR) is 135 cm³/mol. The number of esters is 1. The Hall–Kier alpha value is -1.81. The molecule has 0 unspecified atom stereocenters. The van der Waals surface area contributed by atoms with Crippen LogP contribution in [0, 0.1) is 5.92 Å². The first-order valence-electron chi connectivity index (χ1n) is 12.1. The number of primary amides is 1. The molecule has 0 heterocycles. The third-order valence-corrected chi connectivity index (χ3v) is 6.67. The quantitative estimate of drug-likeness (QED) is 0.230. The second kappa shape index (κ2) is 16.0. The van der Waals surface area contributed by atoms with Crippen molar-refractivity contribution in [3.8, 4) is 0 Å². The Labute approximate surface area is 209 Å². The summed E-state index contributed by atoms with van der Waals surface area (Å²) in [6.07, 6.45) is 3.15. The lowest BCUT2D eigenvalue weighted by atomic mass is 9.97. The van der Waals surface area contributed by atoms with Crippen molar-refractivity contribution in [1.29, 1.82) is 0 Å². The molecule has 3 N–H and O–H groups in total. The van der Waals surface area contributed by atoms with Crippen LogP contribution in [-0.4, -0.2) is 88.5 Å². The Balaban J connectivity index is 5.48. The fourth-order valence-corrected chi connectivity index (χ4v) is 4.82. The van der Waals surface area contributed by atoms with E-state index in [-0.39, 0.29) is 24.2 Å². The van der Waals surface area contributed by atoms with Crippen LogP contribution in [0.3, 0.4) is 0 Å². The van der Waals surface area contributed by atoms with E-state index in [9.17, 15) is 24.3 Å². The lowest BCUT2D eigenvalue weighted by Gasteiger charge is -2.35. The van der Waals surface area contributed by atoms with Crippen molar-refractivity contribution in [3.05, 3.63) is 0 Å². The van der Waals surface area contributed by atoms with Gasteiger partial charge >= 0.3 is 5.97 Å². The van der Waals surface area contributed by atoms with E-state index in [1.807, 2.05) is 13.8 Å². The predicted octanol–water partition coefficient (Wildman–Crippen LogP) is 2.19. The zero-order valence-corrected chi connectivity index (χ0v) is 22.8. The van der Waals surface area contributed by atoms with Gasteiger partial charge in [0.1, 0.15) is 12.1 Å². The Bertz CT molecular complexity index is 668. The van der Waals surface area contributed by atoms with E-state index < -0.39 is 29.5 Å². The topological polar surface area (TPSA) is 130 Å². The van der Waals surface area contributed by atoms with E-state index in [2.05, 4.69) is 0 Å². The third kappa shape index (κ3) is 11.6. The number of aliphatic hydroxyl groups is 1. The molecule has 0 aliphatic carbocycles.